The summed E-state index contributed by atoms with van der Waals surface area (Å²) in [5.41, 5.74) is 2.29. The zero-order valence-corrected chi connectivity index (χ0v) is 20.2. The van der Waals surface area contributed by atoms with E-state index < -0.39 is 10.0 Å². The van der Waals surface area contributed by atoms with E-state index >= 15 is 0 Å². The fourth-order valence-electron chi connectivity index (χ4n) is 3.27. The van der Waals surface area contributed by atoms with Crippen LogP contribution < -0.4 is 4.72 Å². The largest absolute Gasteiger partial charge is 0.246 e. The van der Waals surface area contributed by atoms with Gasteiger partial charge in [-0.1, -0.05) is 48.3 Å². The average Bonchev–Trinajstić information content (AvgIpc) is 2.89. The maximum atomic E-state index is 14.0. The number of hydrogen-bond acceptors (Lipinski definition) is 4. The third kappa shape index (κ3) is 4.87. The van der Waals surface area contributed by atoms with Crippen LogP contribution in [-0.4, -0.2) is 20.7 Å². The van der Waals surface area contributed by atoms with Gasteiger partial charge in [0, 0.05) is 32.5 Å². The zero-order chi connectivity index (χ0) is 22.9. The number of benzene rings is 3. The Morgan fingerprint density at radius 1 is 1.00 bits per heavy atom. The minimum absolute atomic E-state index is 0.121. The molecule has 0 radical (unpaired) electrons. The predicted octanol–water partition coefficient (Wildman–Crippen LogP) is 6.84. The molecule has 32 heavy (non-hydrogen) atoms. The summed E-state index contributed by atoms with van der Waals surface area (Å²) in [5, 5.41) is 0.874. The molecule has 3 aromatic rings. The van der Waals surface area contributed by atoms with Crippen LogP contribution in [0.1, 0.15) is 30.9 Å². The molecular formula is C23H19Cl2FN2O2S2. The molecule has 1 aliphatic rings. The fraction of sp³-hybridized carbons (Fsp3) is 0.174. The second-order valence-corrected chi connectivity index (χ2v) is 10.9. The summed E-state index contributed by atoms with van der Waals surface area (Å²) in [7, 11) is -3.68. The SMILES string of the molecule is CCCCNS(=O)(=O)c1ccc2c(c1)N=C(c1ccc(Cl)cc1Cl)c1ccc(F)cc1S2. The molecule has 0 unspecified atom stereocenters. The highest BCUT2D eigenvalue weighted by Crippen LogP contribution is 2.43. The summed E-state index contributed by atoms with van der Waals surface area (Å²) in [6, 6.07) is 14.3. The first-order valence-corrected chi connectivity index (χ1v) is 13.0. The lowest BCUT2D eigenvalue weighted by atomic mass is 10.0. The van der Waals surface area contributed by atoms with E-state index in [0.717, 1.165) is 12.8 Å². The molecule has 1 heterocycles. The standard InChI is InChI=1S/C23H19Cl2FN2O2S2/c1-2-3-10-27-32(29,30)16-6-9-21-20(13-16)28-23(17-7-4-14(24)11-19(17)25)18-8-5-15(26)12-22(18)31-21/h4-9,11-13,27H,2-3,10H2,1H3. The van der Waals surface area contributed by atoms with E-state index in [4.69, 9.17) is 28.2 Å². The van der Waals surface area contributed by atoms with Gasteiger partial charge in [0.25, 0.3) is 0 Å². The lowest BCUT2D eigenvalue weighted by molar-refractivity contribution is 0.578. The van der Waals surface area contributed by atoms with Gasteiger partial charge >= 0.3 is 0 Å². The number of rotatable bonds is 6. The smallest absolute Gasteiger partial charge is 0.240 e. The number of fused-ring (bicyclic) bond motifs is 2. The van der Waals surface area contributed by atoms with E-state index in [2.05, 4.69) is 4.72 Å². The van der Waals surface area contributed by atoms with E-state index in [1.807, 2.05) is 6.92 Å². The molecule has 166 valence electrons. The first-order valence-electron chi connectivity index (χ1n) is 9.94. The second kappa shape index (κ2) is 9.53. The van der Waals surface area contributed by atoms with Crippen molar-refractivity contribution in [2.45, 2.75) is 34.5 Å². The molecule has 9 heteroatoms. The number of unbranched alkanes of at least 4 members (excludes halogenated alkanes) is 1. The van der Waals surface area contributed by atoms with Crippen molar-refractivity contribution in [1.29, 1.82) is 0 Å². The number of sulfonamides is 1. The molecule has 0 amide bonds. The molecule has 1 aliphatic heterocycles. The number of nitrogens with zero attached hydrogens (tertiary/aromatic N) is 1. The lowest BCUT2D eigenvalue weighted by Gasteiger charge is -2.11. The Morgan fingerprint density at radius 2 is 1.78 bits per heavy atom. The molecule has 3 aromatic carbocycles. The van der Waals surface area contributed by atoms with Gasteiger partial charge in [-0.15, -0.1) is 0 Å². The highest BCUT2D eigenvalue weighted by atomic mass is 35.5. The second-order valence-electron chi connectivity index (χ2n) is 7.21. The average molecular weight is 509 g/mol. The molecule has 0 bridgehead atoms. The maximum Gasteiger partial charge on any atom is 0.240 e. The van der Waals surface area contributed by atoms with E-state index in [1.165, 1.54) is 36.0 Å². The first kappa shape index (κ1) is 23.3. The number of halogens is 3. The van der Waals surface area contributed by atoms with Gasteiger partial charge in [0.05, 0.1) is 21.3 Å². The maximum absolute atomic E-state index is 14.0. The molecule has 0 aliphatic carbocycles. The van der Waals surface area contributed by atoms with Crippen LogP contribution >= 0.6 is 35.0 Å². The van der Waals surface area contributed by atoms with Crippen molar-refractivity contribution in [2.75, 3.05) is 6.54 Å². The Balaban J connectivity index is 1.88. The van der Waals surface area contributed by atoms with Crippen molar-refractivity contribution in [3.8, 4) is 0 Å². The highest BCUT2D eigenvalue weighted by molar-refractivity contribution is 7.99. The summed E-state index contributed by atoms with van der Waals surface area (Å²) in [6.07, 6.45) is 1.63. The molecule has 0 saturated carbocycles. The van der Waals surface area contributed by atoms with Crippen LogP contribution in [0.2, 0.25) is 10.0 Å². The summed E-state index contributed by atoms with van der Waals surface area (Å²) in [6.45, 7) is 2.36. The van der Waals surface area contributed by atoms with Gasteiger partial charge in [0.2, 0.25) is 10.0 Å². The molecule has 0 aromatic heterocycles. The molecule has 0 spiro atoms. The Hall–Kier alpha value is -1.90. The van der Waals surface area contributed by atoms with E-state index in [9.17, 15) is 12.8 Å². The Morgan fingerprint density at radius 3 is 2.53 bits per heavy atom. The van der Waals surface area contributed by atoms with Crippen molar-refractivity contribution in [1.82, 2.24) is 4.72 Å². The predicted molar refractivity (Wildman–Crippen MR) is 129 cm³/mol. The summed E-state index contributed by atoms with van der Waals surface area (Å²) < 4.78 is 42.1. The monoisotopic (exact) mass is 508 g/mol. The Kier molecular flexibility index (Phi) is 6.93. The molecule has 4 rings (SSSR count). The van der Waals surface area contributed by atoms with Gasteiger partial charge in [-0.05, 0) is 61.0 Å². The summed E-state index contributed by atoms with van der Waals surface area (Å²) in [4.78, 5) is 6.29. The minimum Gasteiger partial charge on any atom is -0.246 e. The summed E-state index contributed by atoms with van der Waals surface area (Å²) in [5.74, 6) is -0.374. The molecule has 0 saturated heterocycles. The van der Waals surface area contributed by atoms with Crippen LogP contribution in [0.5, 0.6) is 0 Å². The van der Waals surface area contributed by atoms with E-state index in [-0.39, 0.29) is 10.7 Å². The van der Waals surface area contributed by atoms with Gasteiger partial charge in [-0.25, -0.2) is 22.5 Å². The first-order chi connectivity index (χ1) is 15.3. The minimum atomic E-state index is -3.68. The fourth-order valence-corrected chi connectivity index (χ4v) is 5.89. The lowest BCUT2D eigenvalue weighted by Crippen LogP contribution is -2.24. The van der Waals surface area contributed by atoms with Gasteiger partial charge in [-0.2, -0.15) is 0 Å². The normalized spacial score (nSPS) is 13.2. The van der Waals surface area contributed by atoms with Crippen LogP contribution in [0, 0.1) is 5.82 Å². The number of aliphatic imine (C=N–C) groups is 1. The molecule has 0 atom stereocenters. The molecule has 0 fully saturated rings. The topological polar surface area (TPSA) is 58.5 Å². The van der Waals surface area contributed by atoms with Crippen LogP contribution in [0.25, 0.3) is 0 Å². The van der Waals surface area contributed by atoms with Crippen molar-refractivity contribution < 1.29 is 12.8 Å². The Labute approximate surface area is 200 Å². The third-order valence-electron chi connectivity index (χ3n) is 4.90. The van der Waals surface area contributed by atoms with Crippen LogP contribution in [-0.2, 0) is 10.0 Å². The Bertz CT molecular complexity index is 1330. The van der Waals surface area contributed by atoms with Crippen LogP contribution in [0.4, 0.5) is 10.1 Å². The molecular weight excluding hydrogens is 490 g/mol. The van der Waals surface area contributed by atoms with Crippen molar-refractivity contribution in [3.05, 3.63) is 81.6 Å². The quantitative estimate of drug-likeness (QED) is 0.290. The number of hydrogen-bond donors (Lipinski definition) is 1. The van der Waals surface area contributed by atoms with Crippen molar-refractivity contribution >= 4 is 56.4 Å². The number of nitrogens with one attached hydrogen (secondary N) is 1. The summed E-state index contributed by atoms with van der Waals surface area (Å²) >= 11 is 13.9. The van der Waals surface area contributed by atoms with Gasteiger partial charge in [0.1, 0.15) is 5.82 Å². The molecule has 4 nitrogen and oxygen atoms in total. The van der Waals surface area contributed by atoms with Crippen molar-refractivity contribution in [2.24, 2.45) is 4.99 Å². The van der Waals surface area contributed by atoms with Crippen LogP contribution in [0.15, 0.2) is 74.3 Å². The van der Waals surface area contributed by atoms with Crippen molar-refractivity contribution in [3.63, 3.8) is 0 Å². The zero-order valence-electron chi connectivity index (χ0n) is 17.0. The van der Waals surface area contributed by atoms with Gasteiger partial charge < -0.3 is 0 Å². The van der Waals surface area contributed by atoms with E-state index in [0.29, 0.717) is 48.9 Å². The van der Waals surface area contributed by atoms with Gasteiger partial charge in [0.15, 0.2) is 0 Å². The van der Waals surface area contributed by atoms with E-state index in [1.54, 1.807) is 30.3 Å². The third-order valence-corrected chi connectivity index (χ3v) is 8.03. The molecule has 1 N–H and O–H groups in total. The highest BCUT2D eigenvalue weighted by Gasteiger charge is 2.23. The van der Waals surface area contributed by atoms with Gasteiger partial charge in [-0.3, -0.25) is 0 Å². The van der Waals surface area contributed by atoms with Crippen LogP contribution in [0.3, 0.4) is 0 Å².